The Morgan fingerprint density at radius 3 is 2.06 bits per heavy atom. The first-order valence-electron chi connectivity index (χ1n) is 6.23. The van der Waals surface area contributed by atoms with E-state index in [-0.39, 0.29) is 0 Å². The van der Waals surface area contributed by atoms with E-state index in [4.69, 9.17) is 0 Å². The molecule has 1 atom stereocenters. The van der Waals surface area contributed by atoms with Crippen LogP contribution in [0.3, 0.4) is 0 Å². The molecule has 0 saturated heterocycles. The second-order valence-corrected chi connectivity index (χ2v) is 4.55. The topological polar surface area (TPSA) is 4.44 Å². The average molecular weight is 234 g/mol. The molecule has 3 rings (SSSR count). The van der Waals surface area contributed by atoms with Gasteiger partial charge < -0.3 is 0 Å². The van der Waals surface area contributed by atoms with Crippen LogP contribution in [0, 0.1) is 0 Å². The Kier molecular flexibility index (Phi) is 2.83. The number of quaternary nitrogens is 1. The molecule has 3 aromatic carbocycles. The first-order valence-corrected chi connectivity index (χ1v) is 6.23. The van der Waals surface area contributed by atoms with Crippen molar-refractivity contribution < 1.29 is 4.90 Å². The van der Waals surface area contributed by atoms with Gasteiger partial charge in [0.1, 0.15) is 11.4 Å². The van der Waals surface area contributed by atoms with Gasteiger partial charge in [0.25, 0.3) is 0 Å². The summed E-state index contributed by atoms with van der Waals surface area (Å²) in [5, 5.41) is 2.59. The second kappa shape index (κ2) is 4.63. The zero-order chi connectivity index (χ0) is 12.4. The molecule has 0 spiro atoms. The summed E-state index contributed by atoms with van der Waals surface area (Å²) < 4.78 is 0. The highest BCUT2D eigenvalue weighted by atomic mass is 15.1. The van der Waals surface area contributed by atoms with Crippen LogP contribution in [0.15, 0.2) is 72.8 Å². The third kappa shape index (κ3) is 2.01. The van der Waals surface area contributed by atoms with Crippen molar-refractivity contribution in [1.29, 1.82) is 0 Å². The molecule has 0 aromatic heterocycles. The molecule has 1 N–H and O–H groups in total. The number of fused-ring (bicyclic) bond motifs is 1. The Hall–Kier alpha value is -2.12. The Morgan fingerprint density at radius 1 is 0.611 bits per heavy atom. The molecule has 0 bridgehead atoms. The number of para-hydroxylation sites is 1. The summed E-state index contributed by atoms with van der Waals surface area (Å²) in [6.07, 6.45) is 0. The van der Waals surface area contributed by atoms with Crippen LogP contribution < -0.4 is 4.90 Å². The Balaban J connectivity index is 2.04. The Bertz CT molecular complexity index is 659. The van der Waals surface area contributed by atoms with E-state index in [0.29, 0.717) is 0 Å². The average Bonchev–Trinajstić information content (AvgIpc) is 2.47. The summed E-state index contributed by atoms with van der Waals surface area (Å²) in [5.41, 5.74) is 2.58. The van der Waals surface area contributed by atoms with Crippen molar-refractivity contribution >= 4 is 22.1 Å². The van der Waals surface area contributed by atoms with Gasteiger partial charge in [-0.1, -0.05) is 42.5 Å². The molecule has 0 heterocycles. The van der Waals surface area contributed by atoms with Crippen LogP contribution in [0.25, 0.3) is 10.8 Å². The standard InChI is InChI=1S/C17H15N/c1-18(16-9-3-2-4-10-16)17-12-11-14-7-5-6-8-15(14)13-17/h2-13H,1H3/p+1. The van der Waals surface area contributed by atoms with Crippen molar-refractivity contribution in [2.24, 2.45) is 0 Å². The maximum atomic E-state index is 2.26. The normalized spacial score (nSPS) is 12.5. The lowest BCUT2D eigenvalue weighted by Crippen LogP contribution is -2.98. The van der Waals surface area contributed by atoms with Crippen LogP contribution in [0.1, 0.15) is 0 Å². The third-order valence-corrected chi connectivity index (χ3v) is 3.39. The first-order chi connectivity index (χ1) is 8.84. The highest BCUT2D eigenvalue weighted by Gasteiger charge is 2.09. The number of nitrogens with one attached hydrogen (secondary N) is 1. The molecule has 88 valence electrons. The summed E-state index contributed by atoms with van der Waals surface area (Å²) >= 11 is 0. The summed E-state index contributed by atoms with van der Waals surface area (Å²) in [5.74, 6) is 0. The molecule has 0 saturated carbocycles. The van der Waals surface area contributed by atoms with Gasteiger partial charge in [0, 0.05) is 12.1 Å². The van der Waals surface area contributed by atoms with Gasteiger partial charge in [0.05, 0.1) is 7.05 Å². The predicted octanol–water partition coefficient (Wildman–Crippen LogP) is 3.32. The molecule has 0 aliphatic heterocycles. The molecule has 0 amide bonds. The summed E-state index contributed by atoms with van der Waals surface area (Å²) in [6, 6.07) is 25.7. The molecule has 0 radical (unpaired) electrons. The molecule has 0 aliphatic rings. The smallest absolute Gasteiger partial charge is 0.136 e. The number of hydrogen-bond donors (Lipinski definition) is 1. The summed E-state index contributed by atoms with van der Waals surface area (Å²) in [7, 11) is 2.18. The van der Waals surface area contributed by atoms with Crippen LogP contribution >= 0.6 is 0 Å². The molecule has 1 unspecified atom stereocenters. The van der Waals surface area contributed by atoms with Gasteiger partial charge in [0.15, 0.2) is 0 Å². The van der Waals surface area contributed by atoms with Gasteiger partial charge in [-0.25, -0.2) is 0 Å². The van der Waals surface area contributed by atoms with Crippen LogP contribution in [0.4, 0.5) is 11.4 Å². The minimum absolute atomic E-state index is 1.28. The van der Waals surface area contributed by atoms with E-state index in [1.54, 1.807) is 0 Å². The van der Waals surface area contributed by atoms with Crippen molar-refractivity contribution in [2.45, 2.75) is 0 Å². The van der Waals surface area contributed by atoms with Crippen molar-refractivity contribution in [3.8, 4) is 0 Å². The van der Waals surface area contributed by atoms with Crippen LogP contribution in [-0.2, 0) is 0 Å². The lowest BCUT2D eigenvalue weighted by atomic mass is 10.1. The summed E-state index contributed by atoms with van der Waals surface area (Å²) in [4.78, 5) is 1.32. The molecule has 1 nitrogen and oxygen atoms in total. The van der Waals surface area contributed by atoms with Gasteiger partial charge in [-0.2, -0.15) is 0 Å². The van der Waals surface area contributed by atoms with E-state index in [1.165, 1.54) is 27.0 Å². The van der Waals surface area contributed by atoms with Crippen molar-refractivity contribution in [1.82, 2.24) is 0 Å². The van der Waals surface area contributed by atoms with Gasteiger partial charge in [-0.15, -0.1) is 0 Å². The number of hydrogen-bond acceptors (Lipinski definition) is 0. The minimum Gasteiger partial charge on any atom is -0.273 e. The molecule has 0 aliphatic carbocycles. The quantitative estimate of drug-likeness (QED) is 0.694. The van der Waals surface area contributed by atoms with Crippen LogP contribution in [-0.4, -0.2) is 7.05 Å². The fourth-order valence-corrected chi connectivity index (χ4v) is 2.28. The van der Waals surface area contributed by atoms with Crippen molar-refractivity contribution in [2.75, 3.05) is 7.05 Å². The highest BCUT2D eigenvalue weighted by molar-refractivity contribution is 5.84. The fraction of sp³-hybridized carbons (Fsp3) is 0.0588. The Labute approximate surface area is 107 Å². The van der Waals surface area contributed by atoms with E-state index in [0.717, 1.165) is 0 Å². The highest BCUT2D eigenvalue weighted by Crippen LogP contribution is 2.17. The zero-order valence-electron chi connectivity index (χ0n) is 10.4. The largest absolute Gasteiger partial charge is 0.273 e. The number of rotatable bonds is 2. The molecule has 1 heteroatoms. The third-order valence-electron chi connectivity index (χ3n) is 3.39. The van der Waals surface area contributed by atoms with Crippen molar-refractivity contribution in [3.05, 3.63) is 72.8 Å². The molecule has 18 heavy (non-hydrogen) atoms. The number of benzene rings is 3. The van der Waals surface area contributed by atoms with E-state index in [9.17, 15) is 0 Å². The zero-order valence-corrected chi connectivity index (χ0v) is 10.4. The monoisotopic (exact) mass is 234 g/mol. The van der Waals surface area contributed by atoms with E-state index in [1.807, 2.05) is 0 Å². The molecular weight excluding hydrogens is 218 g/mol. The maximum Gasteiger partial charge on any atom is 0.136 e. The Morgan fingerprint density at radius 2 is 1.28 bits per heavy atom. The van der Waals surface area contributed by atoms with Gasteiger partial charge in [-0.3, -0.25) is 4.90 Å². The molecule has 0 fully saturated rings. The van der Waals surface area contributed by atoms with E-state index in [2.05, 4.69) is 79.8 Å². The first kappa shape index (κ1) is 11.0. The fourth-order valence-electron chi connectivity index (χ4n) is 2.28. The molecule has 3 aromatic rings. The maximum absolute atomic E-state index is 2.26. The van der Waals surface area contributed by atoms with Crippen molar-refractivity contribution in [3.63, 3.8) is 0 Å². The van der Waals surface area contributed by atoms with Gasteiger partial charge in [0.2, 0.25) is 0 Å². The lowest BCUT2D eigenvalue weighted by molar-refractivity contribution is -0.735. The van der Waals surface area contributed by atoms with Crippen LogP contribution in [0.2, 0.25) is 0 Å². The summed E-state index contributed by atoms with van der Waals surface area (Å²) in [6.45, 7) is 0. The lowest BCUT2D eigenvalue weighted by Gasteiger charge is -2.13. The van der Waals surface area contributed by atoms with Gasteiger partial charge >= 0.3 is 0 Å². The van der Waals surface area contributed by atoms with Crippen LogP contribution in [0.5, 0.6) is 0 Å². The van der Waals surface area contributed by atoms with E-state index < -0.39 is 0 Å². The molecular formula is C17H16N+. The SMILES string of the molecule is C[NH+](c1ccccc1)c1ccc2ccccc2c1. The van der Waals surface area contributed by atoms with E-state index >= 15 is 0 Å². The van der Waals surface area contributed by atoms with Gasteiger partial charge in [-0.05, 0) is 29.0 Å². The minimum atomic E-state index is 1.28. The predicted molar refractivity (Wildman–Crippen MR) is 76.6 cm³/mol. The second-order valence-electron chi connectivity index (χ2n) is 4.55.